The topological polar surface area (TPSA) is 29.5 Å². The summed E-state index contributed by atoms with van der Waals surface area (Å²) in [4.78, 5) is 11.0. The summed E-state index contributed by atoms with van der Waals surface area (Å²) in [5, 5.41) is 0. The van der Waals surface area contributed by atoms with Gasteiger partial charge in [0.15, 0.2) is 5.75 Å². The summed E-state index contributed by atoms with van der Waals surface area (Å²) in [5.41, 5.74) is -0.135. The first-order valence-corrected chi connectivity index (χ1v) is 4.12. The highest BCUT2D eigenvalue weighted by Crippen LogP contribution is 2.37. The van der Waals surface area contributed by atoms with Crippen LogP contribution in [0.1, 0.15) is 0 Å². The molecule has 0 saturated heterocycles. The molecule has 15 heavy (non-hydrogen) atoms. The maximum absolute atomic E-state index is 12.5. The van der Waals surface area contributed by atoms with Crippen molar-refractivity contribution >= 4 is 11.7 Å². The number of anilines is 1. The van der Waals surface area contributed by atoms with E-state index in [0.29, 0.717) is 0 Å². The van der Waals surface area contributed by atoms with Gasteiger partial charge in [-0.25, -0.2) is 4.79 Å². The van der Waals surface area contributed by atoms with Crippen molar-refractivity contribution in [2.75, 3.05) is 11.4 Å². The Balaban J connectivity index is 2.47. The number of hydrogen-bond donors (Lipinski definition) is 0. The summed E-state index contributed by atoms with van der Waals surface area (Å²) >= 11 is 0. The van der Waals surface area contributed by atoms with Gasteiger partial charge in [0.2, 0.25) is 0 Å². The maximum atomic E-state index is 12.5. The standard InChI is InChI=1S/C9H6F3NO2/c10-9(11,12)13-5-8(14)15-7-4-2-1-3-6(7)13/h1-4H,5H2. The molecular formula is C9H6F3NO2. The van der Waals surface area contributed by atoms with Crippen molar-refractivity contribution < 1.29 is 22.7 Å². The summed E-state index contributed by atoms with van der Waals surface area (Å²) in [6, 6.07) is 5.54. The number of rotatable bonds is 0. The molecule has 0 unspecified atom stereocenters. The van der Waals surface area contributed by atoms with Crippen LogP contribution in [0, 0.1) is 0 Å². The summed E-state index contributed by atoms with van der Waals surface area (Å²) in [5.74, 6) is -0.975. The Morgan fingerprint density at radius 1 is 1.27 bits per heavy atom. The van der Waals surface area contributed by atoms with Crippen molar-refractivity contribution in [1.82, 2.24) is 0 Å². The Labute approximate surface area is 83.1 Å². The molecule has 0 N–H and O–H groups in total. The van der Waals surface area contributed by atoms with Crippen LogP contribution in [-0.4, -0.2) is 18.8 Å². The molecule has 2 rings (SSSR count). The fourth-order valence-corrected chi connectivity index (χ4v) is 1.36. The summed E-state index contributed by atoms with van der Waals surface area (Å²) < 4.78 is 42.2. The van der Waals surface area contributed by atoms with Gasteiger partial charge in [-0.2, -0.15) is 13.2 Å². The number of halogens is 3. The highest BCUT2D eigenvalue weighted by Gasteiger charge is 2.42. The number of ether oxygens (including phenoxy) is 1. The number of esters is 1. The zero-order valence-electron chi connectivity index (χ0n) is 7.41. The van der Waals surface area contributed by atoms with Gasteiger partial charge in [-0.15, -0.1) is 0 Å². The second-order valence-electron chi connectivity index (χ2n) is 3.00. The Morgan fingerprint density at radius 3 is 2.60 bits per heavy atom. The fraction of sp³-hybridized carbons (Fsp3) is 0.222. The lowest BCUT2D eigenvalue weighted by molar-refractivity contribution is -0.148. The molecular weight excluding hydrogens is 211 g/mol. The number of hydrogen-bond acceptors (Lipinski definition) is 3. The first-order chi connectivity index (χ1) is 6.98. The summed E-state index contributed by atoms with van der Waals surface area (Å²) in [6.07, 6.45) is -4.57. The molecule has 80 valence electrons. The third kappa shape index (κ3) is 1.74. The molecule has 0 bridgehead atoms. The molecule has 0 aromatic heterocycles. The van der Waals surface area contributed by atoms with E-state index in [0.717, 1.165) is 0 Å². The second kappa shape index (κ2) is 3.15. The largest absolute Gasteiger partial charge is 0.485 e. The molecule has 1 aliphatic rings. The molecule has 3 nitrogen and oxygen atoms in total. The van der Waals surface area contributed by atoms with Crippen molar-refractivity contribution in [3.05, 3.63) is 24.3 Å². The molecule has 1 aliphatic heterocycles. The van der Waals surface area contributed by atoms with Crippen molar-refractivity contribution in [3.8, 4) is 5.75 Å². The SMILES string of the molecule is O=C1CN(C(F)(F)F)c2ccccc2O1. The van der Waals surface area contributed by atoms with Crippen molar-refractivity contribution in [1.29, 1.82) is 0 Å². The van der Waals surface area contributed by atoms with Crippen LogP contribution in [0.15, 0.2) is 24.3 Å². The van der Waals surface area contributed by atoms with Crippen LogP contribution in [0.3, 0.4) is 0 Å². The summed E-state index contributed by atoms with van der Waals surface area (Å²) in [6.45, 7) is -0.805. The Bertz CT molecular complexity index is 403. The summed E-state index contributed by atoms with van der Waals surface area (Å²) in [7, 11) is 0. The molecule has 6 heteroatoms. The molecule has 0 aliphatic carbocycles. The van der Waals surface area contributed by atoms with Gasteiger partial charge in [-0.3, -0.25) is 4.90 Å². The van der Waals surface area contributed by atoms with Gasteiger partial charge < -0.3 is 4.74 Å². The van der Waals surface area contributed by atoms with E-state index in [-0.39, 0.29) is 16.3 Å². The number of para-hydroxylation sites is 2. The number of alkyl halides is 3. The second-order valence-corrected chi connectivity index (χ2v) is 3.00. The number of fused-ring (bicyclic) bond motifs is 1. The minimum absolute atomic E-state index is 0.0637. The van der Waals surface area contributed by atoms with Crippen LogP contribution < -0.4 is 9.64 Å². The van der Waals surface area contributed by atoms with E-state index in [1.807, 2.05) is 0 Å². The highest BCUT2D eigenvalue weighted by atomic mass is 19.4. The van der Waals surface area contributed by atoms with E-state index >= 15 is 0 Å². The van der Waals surface area contributed by atoms with Gasteiger partial charge in [-0.1, -0.05) is 12.1 Å². The van der Waals surface area contributed by atoms with E-state index in [1.165, 1.54) is 24.3 Å². The number of carbonyl (C=O) groups is 1. The van der Waals surface area contributed by atoms with Crippen molar-refractivity contribution in [2.45, 2.75) is 6.30 Å². The van der Waals surface area contributed by atoms with Crippen molar-refractivity contribution in [3.63, 3.8) is 0 Å². The molecule has 0 spiro atoms. The molecule has 0 radical (unpaired) electrons. The Kier molecular flexibility index (Phi) is 2.06. The lowest BCUT2D eigenvalue weighted by Crippen LogP contribution is -2.45. The van der Waals surface area contributed by atoms with Crippen LogP contribution >= 0.6 is 0 Å². The zero-order valence-corrected chi connectivity index (χ0v) is 7.41. The van der Waals surface area contributed by atoms with Crippen LogP contribution in [-0.2, 0) is 4.79 Å². The fourth-order valence-electron chi connectivity index (χ4n) is 1.36. The molecule has 0 fully saturated rings. The third-order valence-electron chi connectivity index (χ3n) is 1.97. The van der Waals surface area contributed by atoms with E-state index in [2.05, 4.69) is 4.74 Å². The Hall–Kier alpha value is -1.72. The maximum Gasteiger partial charge on any atom is 0.485 e. The van der Waals surface area contributed by atoms with Crippen LogP contribution in [0.5, 0.6) is 5.75 Å². The predicted octanol–water partition coefficient (Wildman–Crippen LogP) is 1.93. The average molecular weight is 217 g/mol. The molecule has 0 saturated carbocycles. The zero-order chi connectivity index (χ0) is 11.1. The lowest BCUT2D eigenvalue weighted by Gasteiger charge is -2.30. The number of nitrogens with zero attached hydrogens (tertiary/aromatic N) is 1. The average Bonchev–Trinajstić information content (AvgIpc) is 2.15. The minimum atomic E-state index is -4.57. The molecule has 0 amide bonds. The number of carbonyl (C=O) groups excluding carboxylic acids is 1. The normalized spacial score (nSPS) is 15.9. The van der Waals surface area contributed by atoms with E-state index in [9.17, 15) is 18.0 Å². The van der Waals surface area contributed by atoms with Gasteiger partial charge in [0.05, 0.1) is 5.69 Å². The molecule has 1 heterocycles. The first kappa shape index (κ1) is 9.82. The van der Waals surface area contributed by atoms with Crippen LogP contribution in [0.4, 0.5) is 18.9 Å². The van der Waals surface area contributed by atoms with Gasteiger partial charge in [0, 0.05) is 0 Å². The Morgan fingerprint density at radius 2 is 1.93 bits per heavy atom. The lowest BCUT2D eigenvalue weighted by atomic mass is 10.2. The van der Waals surface area contributed by atoms with E-state index in [4.69, 9.17) is 0 Å². The molecule has 0 atom stereocenters. The highest BCUT2D eigenvalue weighted by molar-refractivity contribution is 5.84. The van der Waals surface area contributed by atoms with E-state index < -0.39 is 18.8 Å². The quantitative estimate of drug-likeness (QED) is 0.378. The van der Waals surface area contributed by atoms with E-state index in [1.54, 1.807) is 0 Å². The molecule has 1 aromatic rings. The van der Waals surface area contributed by atoms with Gasteiger partial charge in [0.25, 0.3) is 0 Å². The predicted molar refractivity (Wildman–Crippen MR) is 45.5 cm³/mol. The van der Waals surface area contributed by atoms with Gasteiger partial charge in [0.1, 0.15) is 6.54 Å². The number of benzene rings is 1. The smallest absolute Gasteiger partial charge is 0.423 e. The third-order valence-corrected chi connectivity index (χ3v) is 1.97. The first-order valence-electron chi connectivity index (χ1n) is 4.12. The molecule has 1 aromatic carbocycles. The van der Waals surface area contributed by atoms with Crippen LogP contribution in [0.25, 0.3) is 0 Å². The monoisotopic (exact) mass is 217 g/mol. The van der Waals surface area contributed by atoms with Crippen LogP contribution in [0.2, 0.25) is 0 Å². The minimum Gasteiger partial charge on any atom is -0.423 e. The van der Waals surface area contributed by atoms with Crippen molar-refractivity contribution in [2.24, 2.45) is 0 Å². The van der Waals surface area contributed by atoms with Gasteiger partial charge >= 0.3 is 12.3 Å². The van der Waals surface area contributed by atoms with Gasteiger partial charge in [-0.05, 0) is 12.1 Å².